The van der Waals surface area contributed by atoms with Gasteiger partial charge in [0.25, 0.3) is 5.91 Å². The van der Waals surface area contributed by atoms with Crippen LogP contribution in [-0.4, -0.2) is 50.7 Å². The molecule has 2 aromatic rings. The van der Waals surface area contributed by atoms with E-state index in [-0.39, 0.29) is 10.8 Å². The number of hydrogen-bond acceptors (Lipinski definition) is 5. The topological polar surface area (TPSA) is 75.7 Å². The Morgan fingerprint density at radius 2 is 1.78 bits per heavy atom. The zero-order valence-corrected chi connectivity index (χ0v) is 16.7. The van der Waals surface area contributed by atoms with Gasteiger partial charge in [-0.2, -0.15) is 4.31 Å². The van der Waals surface area contributed by atoms with Crippen molar-refractivity contribution in [3.63, 3.8) is 0 Å². The highest BCUT2D eigenvalue weighted by molar-refractivity contribution is 7.99. The highest BCUT2D eigenvalue weighted by Crippen LogP contribution is 2.24. The number of thioether (sulfide) groups is 1. The maximum Gasteiger partial charge on any atom is 0.256 e. The van der Waals surface area contributed by atoms with Gasteiger partial charge in [0, 0.05) is 23.7 Å². The molecule has 0 spiro atoms. The third kappa shape index (κ3) is 4.70. The molecule has 0 aromatic heterocycles. The summed E-state index contributed by atoms with van der Waals surface area (Å²) in [5.41, 5.74) is 1.16. The highest BCUT2D eigenvalue weighted by atomic mass is 32.2. The summed E-state index contributed by atoms with van der Waals surface area (Å²) in [4.78, 5) is 13.7. The molecule has 0 atom stereocenters. The SMILES string of the molecule is CCSc1ccccc1C(=O)Nc1ccc(S(=O)(=O)N2CCOCC2)cc1. The second-order valence-corrected chi connectivity index (χ2v) is 9.17. The molecule has 3 rings (SSSR count). The Balaban J connectivity index is 1.73. The van der Waals surface area contributed by atoms with Gasteiger partial charge in [-0.25, -0.2) is 8.42 Å². The van der Waals surface area contributed by atoms with Gasteiger partial charge in [0.1, 0.15) is 0 Å². The van der Waals surface area contributed by atoms with Gasteiger partial charge in [-0.3, -0.25) is 4.79 Å². The van der Waals surface area contributed by atoms with E-state index < -0.39 is 10.0 Å². The number of amides is 1. The van der Waals surface area contributed by atoms with E-state index in [1.165, 1.54) is 16.4 Å². The molecule has 1 saturated heterocycles. The van der Waals surface area contributed by atoms with Gasteiger partial charge >= 0.3 is 0 Å². The van der Waals surface area contributed by atoms with Crippen molar-refractivity contribution in [1.29, 1.82) is 0 Å². The number of carbonyl (C=O) groups is 1. The Kier molecular flexibility index (Phi) is 6.54. The first-order valence-corrected chi connectivity index (χ1v) is 11.2. The lowest BCUT2D eigenvalue weighted by Crippen LogP contribution is -2.40. The van der Waals surface area contributed by atoms with Crippen molar-refractivity contribution >= 4 is 33.4 Å². The van der Waals surface area contributed by atoms with Crippen molar-refractivity contribution < 1.29 is 17.9 Å². The van der Waals surface area contributed by atoms with E-state index in [1.54, 1.807) is 30.0 Å². The molecule has 0 unspecified atom stereocenters. The summed E-state index contributed by atoms with van der Waals surface area (Å²) in [6.07, 6.45) is 0. The van der Waals surface area contributed by atoms with Crippen molar-refractivity contribution in [2.75, 3.05) is 37.4 Å². The number of nitrogens with one attached hydrogen (secondary N) is 1. The van der Waals surface area contributed by atoms with E-state index in [0.29, 0.717) is 37.6 Å². The summed E-state index contributed by atoms with van der Waals surface area (Å²) in [5.74, 6) is 0.661. The molecule has 1 aliphatic rings. The summed E-state index contributed by atoms with van der Waals surface area (Å²) in [5, 5.41) is 2.83. The first-order chi connectivity index (χ1) is 13.0. The minimum absolute atomic E-state index is 0.212. The van der Waals surface area contributed by atoms with Crippen LogP contribution in [0.4, 0.5) is 5.69 Å². The summed E-state index contributed by atoms with van der Waals surface area (Å²) in [6, 6.07) is 13.7. The molecule has 0 bridgehead atoms. The fourth-order valence-electron chi connectivity index (χ4n) is 2.78. The van der Waals surface area contributed by atoms with Crippen molar-refractivity contribution in [3.8, 4) is 0 Å². The van der Waals surface area contributed by atoms with Crippen molar-refractivity contribution in [3.05, 3.63) is 54.1 Å². The molecule has 144 valence electrons. The molecule has 6 nitrogen and oxygen atoms in total. The Morgan fingerprint density at radius 3 is 2.44 bits per heavy atom. The molecular formula is C19H22N2O4S2. The highest BCUT2D eigenvalue weighted by Gasteiger charge is 2.26. The molecule has 0 radical (unpaired) electrons. The van der Waals surface area contributed by atoms with Crippen LogP contribution in [0, 0.1) is 0 Å². The van der Waals surface area contributed by atoms with E-state index in [9.17, 15) is 13.2 Å². The van der Waals surface area contributed by atoms with Crippen LogP contribution in [0.3, 0.4) is 0 Å². The number of ether oxygens (including phenoxy) is 1. The number of hydrogen-bond donors (Lipinski definition) is 1. The lowest BCUT2D eigenvalue weighted by atomic mass is 10.2. The molecular weight excluding hydrogens is 384 g/mol. The van der Waals surface area contributed by atoms with Crippen LogP contribution in [-0.2, 0) is 14.8 Å². The summed E-state index contributed by atoms with van der Waals surface area (Å²) < 4.78 is 31.9. The van der Waals surface area contributed by atoms with Crippen molar-refractivity contribution in [2.24, 2.45) is 0 Å². The van der Waals surface area contributed by atoms with E-state index in [0.717, 1.165) is 10.6 Å². The second kappa shape index (κ2) is 8.88. The standard InChI is InChI=1S/C19H22N2O4S2/c1-2-26-18-6-4-3-5-17(18)19(22)20-15-7-9-16(10-8-15)27(23,24)21-11-13-25-14-12-21/h3-10H,2,11-14H2,1H3,(H,20,22). The van der Waals surface area contributed by atoms with Crippen LogP contribution in [0.2, 0.25) is 0 Å². The van der Waals surface area contributed by atoms with E-state index in [1.807, 2.05) is 25.1 Å². The normalized spacial score (nSPS) is 15.4. The first kappa shape index (κ1) is 19.9. The lowest BCUT2D eigenvalue weighted by Gasteiger charge is -2.26. The number of morpholine rings is 1. The first-order valence-electron chi connectivity index (χ1n) is 8.73. The van der Waals surface area contributed by atoms with Crippen molar-refractivity contribution in [2.45, 2.75) is 16.7 Å². The minimum atomic E-state index is -3.54. The molecule has 1 fully saturated rings. The quantitative estimate of drug-likeness (QED) is 0.746. The molecule has 1 amide bonds. The molecule has 8 heteroatoms. The van der Waals surface area contributed by atoms with E-state index in [4.69, 9.17) is 4.74 Å². The zero-order chi connectivity index (χ0) is 19.3. The molecule has 2 aromatic carbocycles. The maximum atomic E-state index is 12.6. The fraction of sp³-hybridized carbons (Fsp3) is 0.316. The Labute approximate surface area is 164 Å². The number of benzene rings is 2. The minimum Gasteiger partial charge on any atom is -0.379 e. The number of sulfonamides is 1. The zero-order valence-electron chi connectivity index (χ0n) is 15.1. The van der Waals surface area contributed by atoms with E-state index in [2.05, 4.69) is 5.32 Å². The predicted octanol–water partition coefficient (Wildman–Crippen LogP) is 3.07. The number of carbonyl (C=O) groups excluding carboxylic acids is 1. The Morgan fingerprint density at radius 1 is 1.11 bits per heavy atom. The summed E-state index contributed by atoms with van der Waals surface area (Å²) in [7, 11) is -3.54. The molecule has 0 aliphatic carbocycles. The van der Waals surface area contributed by atoms with Crippen LogP contribution < -0.4 is 5.32 Å². The third-order valence-corrected chi connectivity index (χ3v) is 7.02. The van der Waals surface area contributed by atoms with Crippen LogP contribution in [0.5, 0.6) is 0 Å². The third-order valence-electron chi connectivity index (χ3n) is 4.15. The number of anilines is 1. The molecule has 1 heterocycles. The summed E-state index contributed by atoms with van der Waals surface area (Å²) >= 11 is 1.61. The van der Waals surface area contributed by atoms with E-state index >= 15 is 0 Å². The molecule has 1 N–H and O–H groups in total. The van der Waals surface area contributed by atoms with Gasteiger partial charge in [-0.1, -0.05) is 19.1 Å². The molecule has 0 saturated carbocycles. The lowest BCUT2D eigenvalue weighted by molar-refractivity contribution is 0.0730. The number of nitrogens with zero attached hydrogens (tertiary/aromatic N) is 1. The van der Waals surface area contributed by atoms with Gasteiger partial charge < -0.3 is 10.1 Å². The van der Waals surface area contributed by atoms with Gasteiger partial charge in [0.05, 0.1) is 23.7 Å². The fourth-order valence-corrected chi connectivity index (χ4v) is 4.99. The largest absolute Gasteiger partial charge is 0.379 e. The van der Waals surface area contributed by atoms with Gasteiger partial charge in [-0.15, -0.1) is 11.8 Å². The van der Waals surface area contributed by atoms with Gasteiger partial charge in [-0.05, 0) is 42.2 Å². The number of rotatable bonds is 6. The van der Waals surface area contributed by atoms with Gasteiger partial charge in [0.2, 0.25) is 10.0 Å². The smallest absolute Gasteiger partial charge is 0.256 e. The monoisotopic (exact) mass is 406 g/mol. The van der Waals surface area contributed by atoms with Crippen LogP contribution in [0.1, 0.15) is 17.3 Å². The second-order valence-electron chi connectivity index (χ2n) is 5.92. The average Bonchev–Trinajstić information content (AvgIpc) is 2.70. The Bertz CT molecular complexity index is 892. The molecule has 1 aliphatic heterocycles. The van der Waals surface area contributed by atoms with Crippen LogP contribution in [0.25, 0.3) is 0 Å². The average molecular weight is 407 g/mol. The van der Waals surface area contributed by atoms with Crippen molar-refractivity contribution in [1.82, 2.24) is 4.31 Å². The maximum absolute atomic E-state index is 12.6. The molecule has 27 heavy (non-hydrogen) atoms. The Hall–Kier alpha value is -1.87. The van der Waals surface area contributed by atoms with Crippen LogP contribution >= 0.6 is 11.8 Å². The summed E-state index contributed by atoms with van der Waals surface area (Å²) in [6.45, 7) is 3.55. The predicted molar refractivity (Wildman–Crippen MR) is 107 cm³/mol. The van der Waals surface area contributed by atoms with Gasteiger partial charge in [0.15, 0.2) is 0 Å². The van der Waals surface area contributed by atoms with Crippen LogP contribution in [0.15, 0.2) is 58.3 Å².